The van der Waals surface area contributed by atoms with Gasteiger partial charge in [0.2, 0.25) is 6.79 Å². The van der Waals surface area contributed by atoms with Gasteiger partial charge in [0.25, 0.3) is 0 Å². The maximum absolute atomic E-state index is 5.36. The first-order valence-electron chi connectivity index (χ1n) is 5.36. The normalized spacial score (nSPS) is 13.0. The van der Waals surface area contributed by atoms with Crippen LogP contribution in [0.3, 0.4) is 0 Å². The van der Waals surface area contributed by atoms with Gasteiger partial charge in [-0.1, -0.05) is 0 Å². The molecule has 2 heterocycles. The smallest absolute Gasteiger partial charge is 0.231 e. The maximum Gasteiger partial charge on any atom is 0.231 e. The first kappa shape index (κ1) is 10.6. The second-order valence-corrected chi connectivity index (χ2v) is 4.85. The Morgan fingerprint density at radius 1 is 1.35 bits per heavy atom. The van der Waals surface area contributed by atoms with Crippen LogP contribution in [0.4, 0.5) is 0 Å². The van der Waals surface area contributed by atoms with E-state index in [-0.39, 0.29) is 0 Å². The number of thiazole rings is 1. The molecule has 1 aliphatic heterocycles. The van der Waals surface area contributed by atoms with Crippen LogP contribution in [0.25, 0.3) is 10.6 Å². The molecule has 0 saturated carbocycles. The molecule has 2 aromatic rings. The SMILES string of the molecule is CNCc1cnc(-c2ccc3c(c2)OCO3)s1. The van der Waals surface area contributed by atoms with Crippen LogP contribution in [0, 0.1) is 0 Å². The van der Waals surface area contributed by atoms with Gasteiger partial charge in [-0.3, -0.25) is 0 Å². The standard InChI is InChI=1S/C12H12N2O2S/c1-13-5-9-6-14-12(17-9)8-2-3-10-11(4-8)16-7-15-10/h2-4,6,13H,5,7H2,1H3. The fourth-order valence-electron chi connectivity index (χ4n) is 1.73. The van der Waals surface area contributed by atoms with E-state index in [1.165, 1.54) is 4.88 Å². The molecule has 4 nitrogen and oxygen atoms in total. The molecule has 0 unspecified atom stereocenters. The molecule has 1 aromatic carbocycles. The number of rotatable bonds is 3. The molecule has 0 spiro atoms. The number of hydrogen-bond donors (Lipinski definition) is 1. The largest absolute Gasteiger partial charge is 0.454 e. The number of nitrogens with one attached hydrogen (secondary N) is 1. The second-order valence-electron chi connectivity index (χ2n) is 3.73. The molecule has 0 atom stereocenters. The van der Waals surface area contributed by atoms with E-state index in [1.807, 2.05) is 31.4 Å². The lowest BCUT2D eigenvalue weighted by atomic mass is 10.2. The van der Waals surface area contributed by atoms with Gasteiger partial charge in [0.15, 0.2) is 11.5 Å². The van der Waals surface area contributed by atoms with Gasteiger partial charge in [-0.2, -0.15) is 0 Å². The lowest BCUT2D eigenvalue weighted by Crippen LogP contribution is -2.02. The van der Waals surface area contributed by atoms with E-state index in [1.54, 1.807) is 11.3 Å². The monoisotopic (exact) mass is 248 g/mol. The molecule has 88 valence electrons. The molecule has 0 fully saturated rings. The van der Waals surface area contributed by atoms with Crippen LogP contribution in [-0.2, 0) is 6.54 Å². The molecule has 0 radical (unpaired) electrons. The molecule has 0 aliphatic carbocycles. The zero-order valence-electron chi connectivity index (χ0n) is 9.40. The third-order valence-corrected chi connectivity index (χ3v) is 3.57. The van der Waals surface area contributed by atoms with Gasteiger partial charge < -0.3 is 14.8 Å². The number of hydrogen-bond acceptors (Lipinski definition) is 5. The van der Waals surface area contributed by atoms with Crippen molar-refractivity contribution in [3.63, 3.8) is 0 Å². The maximum atomic E-state index is 5.36. The minimum absolute atomic E-state index is 0.307. The average molecular weight is 248 g/mol. The summed E-state index contributed by atoms with van der Waals surface area (Å²) in [6.07, 6.45) is 1.90. The quantitative estimate of drug-likeness (QED) is 0.904. The molecule has 0 saturated heterocycles. The predicted octanol–water partition coefficient (Wildman–Crippen LogP) is 2.26. The molecule has 0 amide bonds. The Kier molecular flexibility index (Phi) is 2.70. The van der Waals surface area contributed by atoms with Crippen molar-refractivity contribution in [2.24, 2.45) is 0 Å². The van der Waals surface area contributed by atoms with E-state index < -0.39 is 0 Å². The lowest BCUT2D eigenvalue weighted by molar-refractivity contribution is 0.174. The van der Waals surface area contributed by atoms with Crippen LogP contribution in [0.5, 0.6) is 11.5 Å². The van der Waals surface area contributed by atoms with Gasteiger partial charge in [0.1, 0.15) is 5.01 Å². The van der Waals surface area contributed by atoms with E-state index in [0.29, 0.717) is 6.79 Å². The third-order valence-electron chi connectivity index (χ3n) is 2.52. The molecule has 3 rings (SSSR count). The summed E-state index contributed by atoms with van der Waals surface area (Å²) < 4.78 is 10.6. The fourth-order valence-corrected chi connectivity index (χ4v) is 2.65. The minimum atomic E-state index is 0.307. The van der Waals surface area contributed by atoms with Gasteiger partial charge in [-0.15, -0.1) is 11.3 Å². The average Bonchev–Trinajstić information content (AvgIpc) is 2.96. The van der Waals surface area contributed by atoms with Crippen molar-refractivity contribution >= 4 is 11.3 Å². The van der Waals surface area contributed by atoms with Gasteiger partial charge >= 0.3 is 0 Å². The molecule has 5 heteroatoms. The third kappa shape index (κ3) is 1.99. The number of nitrogens with zero attached hydrogens (tertiary/aromatic N) is 1. The number of aromatic nitrogens is 1. The number of fused-ring (bicyclic) bond motifs is 1. The van der Waals surface area contributed by atoms with Crippen molar-refractivity contribution in [1.29, 1.82) is 0 Å². The van der Waals surface area contributed by atoms with Crippen molar-refractivity contribution in [2.45, 2.75) is 6.54 Å². The summed E-state index contributed by atoms with van der Waals surface area (Å²) in [5.41, 5.74) is 1.07. The summed E-state index contributed by atoms with van der Waals surface area (Å²) in [4.78, 5) is 5.64. The molecule has 1 aromatic heterocycles. The highest BCUT2D eigenvalue weighted by Gasteiger charge is 2.15. The van der Waals surface area contributed by atoms with E-state index in [2.05, 4.69) is 10.3 Å². The Morgan fingerprint density at radius 2 is 2.24 bits per heavy atom. The Labute approximate surface area is 103 Å². The topological polar surface area (TPSA) is 43.4 Å². The highest BCUT2D eigenvalue weighted by Crippen LogP contribution is 2.36. The first-order valence-corrected chi connectivity index (χ1v) is 6.18. The summed E-state index contributed by atoms with van der Waals surface area (Å²) in [7, 11) is 1.93. The van der Waals surface area contributed by atoms with Gasteiger partial charge in [-0.05, 0) is 25.2 Å². The molecule has 1 aliphatic rings. The van der Waals surface area contributed by atoms with Crippen molar-refractivity contribution in [2.75, 3.05) is 13.8 Å². The first-order chi connectivity index (χ1) is 8.36. The predicted molar refractivity (Wildman–Crippen MR) is 66.4 cm³/mol. The summed E-state index contributed by atoms with van der Waals surface area (Å²) in [5, 5.41) is 4.12. The summed E-state index contributed by atoms with van der Waals surface area (Å²) in [6.45, 7) is 1.16. The zero-order valence-corrected chi connectivity index (χ0v) is 10.2. The van der Waals surface area contributed by atoms with E-state index in [9.17, 15) is 0 Å². The fraction of sp³-hybridized carbons (Fsp3) is 0.250. The Hall–Kier alpha value is -1.59. The molecule has 0 bridgehead atoms. The Morgan fingerprint density at radius 3 is 3.12 bits per heavy atom. The van der Waals surface area contributed by atoms with E-state index >= 15 is 0 Å². The van der Waals surface area contributed by atoms with Crippen LogP contribution in [0.15, 0.2) is 24.4 Å². The van der Waals surface area contributed by atoms with E-state index in [4.69, 9.17) is 9.47 Å². The van der Waals surface area contributed by atoms with Crippen molar-refractivity contribution in [3.05, 3.63) is 29.3 Å². The highest BCUT2D eigenvalue weighted by atomic mass is 32.1. The zero-order chi connectivity index (χ0) is 11.7. The van der Waals surface area contributed by atoms with Crippen molar-refractivity contribution in [1.82, 2.24) is 10.3 Å². The van der Waals surface area contributed by atoms with Gasteiger partial charge in [0.05, 0.1) is 0 Å². The number of ether oxygens (including phenoxy) is 2. The Bertz CT molecular complexity index is 539. The Balaban J connectivity index is 1.92. The van der Waals surface area contributed by atoms with Crippen LogP contribution in [0.1, 0.15) is 4.88 Å². The summed E-state index contributed by atoms with van der Waals surface area (Å²) in [6, 6.07) is 5.91. The molecule has 17 heavy (non-hydrogen) atoms. The highest BCUT2D eigenvalue weighted by molar-refractivity contribution is 7.15. The number of benzene rings is 1. The van der Waals surface area contributed by atoms with Crippen LogP contribution in [-0.4, -0.2) is 18.8 Å². The van der Waals surface area contributed by atoms with Crippen molar-refractivity contribution < 1.29 is 9.47 Å². The second kappa shape index (κ2) is 4.35. The van der Waals surface area contributed by atoms with E-state index in [0.717, 1.165) is 28.6 Å². The van der Waals surface area contributed by atoms with Gasteiger partial charge in [-0.25, -0.2) is 4.98 Å². The van der Waals surface area contributed by atoms with Gasteiger partial charge in [0, 0.05) is 23.2 Å². The summed E-state index contributed by atoms with van der Waals surface area (Å²) in [5.74, 6) is 1.61. The summed E-state index contributed by atoms with van der Waals surface area (Å²) >= 11 is 1.69. The van der Waals surface area contributed by atoms with Crippen LogP contribution in [0.2, 0.25) is 0 Å². The molecular weight excluding hydrogens is 236 g/mol. The molecule has 1 N–H and O–H groups in total. The van der Waals surface area contributed by atoms with Crippen molar-refractivity contribution in [3.8, 4) is 22.1 Å². The minimum Gasteiger partial charge on any atom is -0.454 e. The van der Waals surface area contributed by atoms with Crippen LogP contribution < -0.4 is 14.8 Å². The molecular formula is C12H12N2O2S. The van der Waals surface area contributed by atoms with Crippen LogP contribution >= 0.6 is 11.3 Å². The lowest BCUT2D eigenvalue weighted by Gasteiger charge is -1.99.